The Morgan fingerprint density at radius 2 is 1.73 bits per heavy atom. The number of pyridine rings is 1. The third-order valence-electron chi connectivity index (χ3n) is 3.76. The summed E-state index contributed by atoms with van der Waals surface area (Å²) in [5.74, 6) is 0.780. The number of nitrogens with zero attached hydrogens (tertiary/aromatic N) is 5. The van der Waals surface area contributed by atoms with Crippen molar-refractivity contribution in [3.8, 4) is 17.1 Å². The van der Waals surface area contributed by atoms with E-state index in [4.69, 9.17) is 23.2 Å². The van der Waals surface area contributed by atoms with Gasteiger partial charge in [0.25, 0.3) is 5.56 Å². The molecule has 1 N–H and O–H groups in total. The molecular weight excluding hydrogens is 447 g/mol. The maximum atomic E-state index is 12.1. The van der Waals surface area contributed by atoms with Crippen molar-refractivity contribution in [2.24, 2.45) is 0 Å². The molecule has 7 nitrogen and oxygen atoms in total. The van der Waals surface area contributed by atoms with Crippen LogP contribution in [0.25, 0.3) is 17.1 Å². The number of nitrogens with one attached hydrogen (secondary N) is 1. The normalized spacial score (nSPS) is 10.1. The molecule has 0 aliphatic carbocycles. The Balaban J connectivity index is 0.00000124. The van der Waals surface area contributed by atoms with Crippen LogP contribution in [-0.2, 0) is 0 Å². The van der Waals surface area contributed by atoms with Crippen LogP contribution in [0.2, 0.25) is 10.0 Å². The molecule has 3 heterocycles. The summed E-state index contributed by atoms with van der Waals surface area (Å²) in [5.41, 5.74) is 1.82. The summed E-state index contributed by atoms with van der Waals surface area (Å²) in [6, 6.07) is 13.8. The van der Waals surface area contributed by atoms with Crippen molar-refractivity contribution < 1.29 is 0 Å². The van der Waals surface area contributed by atoms with Gasteiger partial charge in [-0.1, -0.05) is 29.3 Å². The summed E-state index contributed by atoms with van der Waals surface area (Å²) in [5, 5.41) is 8.01. The van der Waals surface area contributed by atoms with Gasteiger partial charge in [0.05, 0.1) is 16.9 Å². The van der Waals surface area contributed by atoms with Gasteiger partial charge in [0, 0.05) is 41.1 Å². The molecule has 0 amide bonds. The van der Waals surface area contributed by atoms with Gasteiger partial charge in [0.1, 0.15) is 0 Å². The zero-order chi connectivity index (χ0) is 21.5. The second-order valence-corrected chi connectivity index (χ2v) is 6.60. The smallest absolute Gasteiger partial charge is 0.274 e. The second-order valence-electron chi connectivity index (χ2n) is 5.73. The van der Waals surface area contributed by atoms with Crippen LogP contribution in [-0.4, -0.2) is 31.1 Å². The van der Waals surface area contributed by atoms with Crippen molar-refractivity contribution >= 4 is 46.4 Å². The Hall–Kier alpha value is -3.00. The van der Waals surface area contributed by atoms with Gasteiger partial charge in [0.2, 0.25) is 5.95 Å². The van der Waals surface area contributed by atoms with Crippen molar-refractivity contribution in [2.75, 3.05) is 11.7 Å². The fraction of sp³-hybridized carbons (Fsp3) is 0.0500. The Morgan fingerprint density at radius 1 is 0.933 bits per heavy atom. The molecule has 0 unspecified atom stereocenters. The van der Waals surface area contributed by atoms with E-state index in [1.54, 1.807) is 42.7 Å². The predicted molar refractivity (Wildman–Crippen MR) is 120 cm³/mol. The Kier molecular flexibility index (Phi) is 7.35. The molecule has 0 atom stereocenters. The highest BCUT2D eigenvalue weighted by molar-refractivity contribution is 6.31. The lowest BCUT2D eigenvalue weighted by molar-refractivity contribution is 0.782. The number of aromatic nitrogens is 5. The SMILES string of the molecule is CCl.O=c1cc(Cl)cnn1-c1cc(-c2ccnc(Nc3cccc(Cl)c3)n2)ccn1. The molecule has 152 valence electrons. The van der Waals surface area contributed by atoms with E-state index in [0.29, 0.717) is 22.5 Å². The first-order valence-corrected chi connectivity index (χ1v) is 10.0. The van der Waals surface area contributed by atoms with Gasteiger partial charge in [-0.05, 0) is 36.4 Å². The Bertz CT molecular complexity index is 1210. The number of hydrogen-bond donors (Lipinski definition) is 1. The highest BCUT2D eigenvalue weighted by Crippen LogP contribution is 2.22. The number of benzene rings is 1. The standard InChI is InChI=1S/C19H12Cl2N6O.CH3Cl/c20-13-2-1-3-15(9-13)25-19-23-7-5-16(26-19)12-4-6-22-17(8-12)27-18(28)10-14(21)11-24-27;1-2/h1-11H,(H,23,25,26);1H3. The number of halogens is 3. The molecule has 3 aromatic heterocycles. The van der Waals surface area contributed by atoms with Gasteiger partial charge in [-0.15, -0.1) is 11.6 Å². The predicted octanol–water partition coefficient (Wildman–Crippen LogP) is 4.99. The lowest BCUT2D eigenvalue weighted by Gasteiger charge is -2.08. The molecule has 4 aromatic rings. The first kappa shape index (κ1) is 21.7. The van der Waals surface area contributed by atoms with Crippen LogP contribution in [0.5, 0.6) is 0 Å². The molecule has 0 aliphatic rings. The molecule has 4 rings (SSSR count). The number of alkyl halides is 1. The van der Waals surface area contributed by atoms with Crippen molar-refractivity contribution in [1.29, 1.82) is 0 Å². The third-order valence-corrected chi connectivity index (χ3v) is 4.20. The average molecular weight is 462 g/mol. The second kappa shape index (κ2) is 10.2. The van der Waals surface area contributed by atoms with Gasteiger partial charge in [0.15, 0.2) is 5.82 Å². The molecule has 10 heteroatoms. The highest BCUT2D eigenvalue weighted by atomic mass is 35.5. The summed E-state index contributed by atoms with van der Waals surface area (Å²) in [6.45, 7) is 0. The van der Waals surface area contributed by atoms with E-state index in [9.17, 15) is 4.79 Å². The maximum Gasteiger partial charge on any atom is 0.274 e. The monoisotopic (exact) mass is 460 g/mol. The summed E-state index contributed by atoms with van der Waals surface area (Å²) in [7, 11) is 0. The lowest BCUT2D eigenvalue weighted by Crippen LogP contribution is -2.20. The van der Waals surface area contributed by atoms with E-state index in [1.807, 2.05) is 12.1 Å². The minimum Gasteiger partial charge on any atom is -0.324 e. The summed E-state index contributed by atoms with van der Waals surface area (Å²) in [4.78, 5) is 25.1. The van der Waals surface area contributed by atoms with Crippen LogP contribution in [0.3, 0.4) is 0 Å². The quantitative estimate of drug-likeness (QED) is 0.431. The summed E-state index contributed by atoms with van der Waals surface area (Å²) < 4.78 is 1.17. The molecule has 0 radical (unpaired) electrons. The van der Waals surface area contributed by atoms with E-state index in [0.717, 1.165) is 11.3 Å². The number of rotatable bonds is 4. The molecular formula is C20H15Cl3N6O. The van der Waals surface area contributed by atoms with E-state index < -0.39 is 0 Å². The van der Waals surface area contributed by atoms with Crippen LogP contribution >= 0.6 is 34.8 Å². The molecule has 0 spiro atoms. The molecule has 30 heavy (non-hydrogen) atoms. The topological polar surface area (TPSA) is 85.6 Å². The first-order chi connectivity index (χ1) is 14.6. The van der Waals surface area contributed by atoms with E-state index in [2.05, 4.69) is 37.0 Å². The third kappa shape index (κ3) is 5.33. The van der Waals surface area contributed by atoms with Crippen molar-refractivity contribution in [2.45, 2.75) is 0 Å². The van der Waals surface area contributed by atoms with Gasteiger partial charge in [-0.3, -0.25) is 4.79 Å². The van der Waals surface area contributed by atoms with Crippen LogP contribution in [0, 0.1) is 0 Å². The lowest BCUT2D eigenvalue weighted by atomic mass is 10.2. The zero-order valence-electron chi connectivity index (χ0n) is 15.6. The van der Waals surface area contributed by atoms with Crippen molar-refractivity contribution in [3.63, 3.8) is 0 Å². The molecule has 0 fully saturated rings. The largest absolute Gasteiger partial charge is 0.324 e. The Labute approximate surface area is 187 Å². The van der Waals surface area contributed by atoms with Gasteiger partial charge >= 0.3 is 0 Å². The van der Waals surface area contributed by atoms with E-state index >= 15 is 0 Å². The minimum absolute atomic E-state index is 0.268. The average Bonchev–Trinajstić information content (AvgIpc) is 2.75. The summed E-state index contributed by atoms with van der Waals surface area (Å²) in [6.07, 6.45) is 6.08. The van der Waals surface area contributed by atoms with Gasteiger partial charge in [-0.25, -0.2) is 15.0 Å². The van der Waals surface area contributed by atoms with Crippen LogP contribution in [0.1, 0.15) is 0 Å². The minimum atomic E-state index is -0.372. The van der Waals surface area contributed by atoms with Crippen LogP contribution in [0.15, 0.2) is 71.9 Å². The molecule has 0 bridgehead atoms. The fourth-order valence-electron chi connectivity index (χ4n) is 2.53. The van der Waals surface area contributed by atoms with Crippen molar-refractivity contribution in [3.05, 3.63) is 87.5 Å². The fourth-order valence-corrected chi connectivity index (χ4v) is 2.85. The molecule has 1 aromatic carbocycles. The molecule has 0 saturated carbocycles. The van der Waals surface area contributed by atoms with Crippen LogP contribution < -0.4 is 10.9 Å². The van der Waals surface area contributed by atoms with Gasteiger partial charge < -0.3 is 5.32 Å². The van der Waals surface area contributed by atoms with Crippen molar-refractivity contribution in [1.82, 2.24) is 24.7 Å². The van der Waals surface area contributed by atoms with Crippen LogP contribution in [0.4, 0.5) is 11.6 Å². The maximum absolute atomic E-state index is 12.1. The highest BCUT2D eigenvalue weighted by Gasteiger charge is 2.08. The zero-order valence-corrected chi connectivity index (χ0v) is 17.9. The van der Waals surface area contributed by atoms with E-state index in [-0.39, 0.29) is 10.6 Å². The summed E-state index contributed by atoms with van der Waals surface area (Å²) >= 11 is 16.4. The molecule has 0 saturated heterocycles. The number of hydrogen-bond acceptors (Lipinski definition) is 6. The molecule has 0 aliphatic heterocycles. The van der Waals surface area contributed by atoms with E-state index in [1.165, 1.54) is 23.3 Å². The first-order valence-electron chi connectivity index (χ1n) is 8.54. The Morgan fingerprint density at radius 3 is 2.50 bits per heavy atom. The van der Waals surface area contributed by atoms with Gasteiger partial charge in [-0.2, -0.15) is 9.78 Å². The number of anilines is 2.